The van der Waals surface area contributed by atoms with Crippen LogP contribution in [0.25, 0.3) is 0 Å². The van der Waals surface area contributed by atoms with E-state index in [1.165, 1.54) is 0 Å². The quantitative estimate of drug-likeness (QED) is 0.630. The average Bonchev–Trinajstić information content (AvgIpc) is 2.60. The third kappa shape index (κ3) is 5.14. The molecule has 0 bridgehead atoms. The largest absolute Gasteiger partial charge is 0.492 e. The maximum atomic E-state index is 12.3. The Bertz CT molecular complexity index is 638. The lowest BCUT2D eigenvalue weighted by molar-refractivity contribution is 0.103. The van der Waals surface area contributed by atoms with Crippen LogP contribution in [0.4, 0.5) is 4.79 Å². The lowest BCUT2D eigenvalue weighted by Gasteiger charge is -2.08. The maximum Gasteiger partial charge on any atom is 0.407 e. The number of ether oxygens (including phenoxy) is 2. The summed E-state index contributed by atoms with van der Waals surface area (Å²) in [5.41, 5.74) is 1.26. The van der Waals surface area contributed by atoms with E-state index in [0.29, 0.717) is 36.6 Å². The van der Waals surface area contributed by atoms with E-state index >= 15 is 0 Å². The second kappa shape index (κ2) is 8.58. The standard InChI is InChI=1S/C18H19NO4/c1-2-22-18(21)19-12-13-23-16-10-8-15(9-11-16)17(20)14-6-4-3-5-7-14/h3-11H,2,12-13H2,1H3,(H,19,21). The summed E-state index contributed by atoms with van der Waals surface area (Å²) in [7, 11) is 0. The Morgan fingerprint density at radius 3 is 2.26 bits per heavy atom. The number of hydrogen-bond acceptors (Lipinski definition) is 4. The third-order valence-corrected chi connectivity index (χ3v) is 3.07. The minimum Gasteiger partial charge on any atom is -0.492 e. The van der Waals surface area contributed by atoms with Crippen molar-refractivity contribution < 1.29 is 19.1 Å². The molecule has 0 radical (unpaired) electrons. The average molecular weight is 313 g/mol. The molecule has 1 N–H and O–H groups in total. The Balaban J connectivity index is 1.83. The number of nitrogens with one attached hydrogen (secondary N) is 1. The summed E-state index contributed by atoms with van der Waals surface area (Å²) in [6.07, 6.45) is -0.458. The molecule has 0 spiro atoms. The highest BCUT2D eigenvalue weighted by molar-refractivity contribution is 6.08. The molecule has 5 heteroatoms. The summed E-state index contributed by atoms with van der Waals surface area (Å²) in [6.45, 7) is 2.76. The van der Waals surface area contributed by atoms with Crippen LogP contribution in [0.2, 0.25) is 0 Å². The molecule has 0 aromatic heterocycles. The molecular formula is C18H19NO4. The zero-order valence-corrected chi connectivity index (χ0v) is 13.0. The van der Waals surface area contributed by atoms with Gasteiger partial charge in [0.15, 0.2) is 5.78 Å². The van der Waals surface area contributed by atoms with E-state index in [4.69, 9.17) is 9.47 Å². The Kier molecular flexibility index (Phi) is 6.17. The predicted molar refractivity (Wildman–Crippen MR) is 86.8 cm³/mol. The van der Waals surface area contributed by atoms with Crippen LogP contribution in [0.5, 0.6) is 5.75 Å². The molecule has 0 atom stereocenters. The second-order valence-corrected chi connectivity index (χ2v) is 4.72. The van der Waals surface area contributed by atoms with E-state index in [-0.39, 0.29) is 5.78 Å². The van der Waals surface area contributed by atoms with Gasteiger partial charge in [0.25, 0.3) is 0 Å². The van der Waals surface area contributed by atoms with Crippen molar-refractivity contribution in [2.24, 2.45) is 0 Å². The van der Waals surface area contributed by atoms with Crippen molar-refractivity contribution in [2.75, 3.05) is 19.8 Å². The summed E-state index contributed by atoms with van der Waals surface area (Å²) in [6, 6.07) is 16.0. The first-order valence-corrected chi connectivity index (χ1v) is 7.44. The summed E-state index contributed by atoms with van der Waals surface area (Å²) in [5, 5.41) is 2.56. The van der Waals surface area contributed by atoms with Crippen molar-refractivity contribution >= 4 is 11.9 Å². The topological polar surface area (TPSA) is 64.6 Å². The summed E-state index contributed by atoms with van der Waals surface area (Å²) in [5.74, 6) is 0.612. The van der Waals surface area contributed by atoms with Crippen molar-refractivity contribution in [1.29, 1.82) is 0 Å². The van der Waals surface area contributed by atoms with Crippen molar-refractivity contribution in [3.05, 3.63) is 65.7 Å². The molecule has 1 amide bonds. The zero-order chi connectivity index (χ0) is 16.5. The number of carbonyl (C=O) groups is 2. The van der Waals surface area contributed by atoms with Crippen LogP contribution in [0.1, 0.15) is 22.8 Å². The van der Waals surface area contributed by atoms with Gasteiger partial charge >= 0.3 is 6.09 Å². The van der Waals surface area contributed by atoms with Crippen molar-refractivity contribution in [3.63, 3.8) is 0 Å². The molecule has 0 aliphatic rings. The van der Waals surface area contributed by atoms with Gasteiger partial charge in [0.05, 0.1) is 13.2 Å². The van der Waals surface area contributed by atoms with E-state index < -0.39 is 6.09 Å². The highest BCUT2D eigenvalue weighted by Crippen LogP contribution is 2.15. The van der Waals surface area contributed by atoms with Crippen LogP contribution in [-0.2, 0) is 4.74 Å². The Labute approximate surface area is 135 Å². The van der Waals surface area contributed by atoms with E-state index in [1.807, 2.05) is 18.2 Å². The van der Waals surface area contributed by atoms with Crippen LogP contribution in [-0.4, -0.2) is 31.6 Å². The van der Waals surface area contributed by atoms with Crippen molar-refractivity contribution in [1.82, 2.24) is 5.32 Å². The molecule has 0 heterocycles. The van der Waals surface area contributed by atoms with Crippen LogP contribution in [0.3, 0.4) is 0 Å². The normalized spacial score (nSPS) is 9.96. The molecular weight excluding hydrogens is 294 g/mol. The fourth-order valence-corrected chi connectivity index (χ4v) is 1.96. The molecule has 0 aliphatic carbocycles. The first-order valence-electron chi connectivity index (χ1n) is 7.44. The Hall–Kier alpha value is -2.82. The highest BCUT2D eigenvalue weighted by Gasteiger charge is 2.08. The monoisotopic (exact) mass is 313 g/mol. The molecule has 23 heavy (non-hydrogen) atoms. The Morgan fingerprint density at radius 2 is 1.61 bits per heavy atom. The van der Waals surface area contributed by atoms with Crippen LogP contribution >= 0.6 is 0 Å². The minimum absolute atomic E-state index is 0.0267. The molecule has 2 rings (SSSR count). The highest BCUT2D eigenvalue weighted by atomic mass is 16.5. The fraction of sp³-hybridized carbons (Fsp3) is 0.222. The second-order valence-electron chi connectivity index (χ2n) is 4.72. The van der Waals surface area contributed by atoms with Gasteiger partial charge < -0.3 is 14.8 Å². The lowest BCUT2D eigenvalue weighted by atomic mass is 10.0. The van der Waals surface area contributed by atoms with Gasteiger partial charge in [-0.05, 0) is 31.2 Å². The lowest BCUT2D eigenvalue weighted by Crippen LogP contribution is -2.28. The van der Waals surface area contributed by atoms with E-state index in [2.05, 4.69) is 5.32 Å². The minimum atomic E-state index is -0.458. The molecule has 5 nitrogen and oxygen atoms in total. The molecule has 0 saturated heterocycles. The first kappa shape index (κ1) is 16.5. The van der Waals surface area contributed by atoms with Crippen LogP contribution < -0.4 is 10.1 Å². The number of rotatable bonds is 7. The van der Waals surface area contributed by atoms with Gasteiger partial charge in [0.2, 0.25) is 0 Å². The van der Waals surface area contributed by atoms with Crippen LogP contribution in [0, 0.1) is 0 Å². The molecule has 0 aliphatic heterocycles. The molecule has 2 aromatic carbocycles. The van der Waals surface area contributed by atoms with E-state index in [1.54, 1.807) is 43.3 Å². The van der Waals surface area contributed by atoms with E-state index in [9.17, 15) is 9.59 Å². The van der Waals surface area contributed by atoms with E-state index in [0.717, 1.165) is 0 Å². The van der Waals surface area contributed by atoms with Crippen molar-refractivity contribution in [2.45, 2.75) is 6.92 Å². The number of ketones is 1. The van der Waals surface area contributed by atoms with Gasteiger partial charge in [-0.25, -0.2) is 4.79 Å². The number of carbonyl (C=O) groups excluding carboxylic acids is 2. The van der Waals surface area contributed by atoms with Crippen LogP contribution in [0.15, 0.2) is 54.6 Å². The third-order valence-electron chi connectivity index (χ3n) is 3.07. The number of amides is 1. The summed E-state index contributed by atoms with van der Waals surface area (Å²) in [4.78, 5) is 23.3. The van der Waals surface area contributed by atoms with Gasteiger partial charge in [-0.1, -0.05) is 30.3 Å². The van der Waals surface area contributed by atoms with Gasteiger partial charge in [0.1, 0.15) is 12.4 Å². The smallest absolute Gasteiger partial charge is 0.407 e. The van der Waals surface area contributed by atoms with Gasteiger partial charge in [-0.15, -0.1) is 0 Å². The molecule has 0 fully saturated rings. The molecule has 2 aromatic rings. The summed E-state index contributed by atoms with van der Waals surface area (Å²) < 4.78 is 10.2. The predicted octanol–water partition coefficient (Wildman–Crippen LogP) is 3.04. The molecule has 0 saturated carbocycles. The van der Waals surface area contributed by atoms with Gasteiger partial charge in [0, 0.05) is 11.1 Å². The zero-order valence-electron chi connectivity index (χ0n) is 13.0. The fourth-order valence-electron chi connectivity index (χ4n) is 1.96. The number of hydrogen-bond donors (Lipinski definition) is 1. The summed E-state index contributed by atoms with van der Waals surface area (Å²) >= 11 is 0. The molecule has 0 unspecified atom stereocenters. The number of benzene rings is 2. The SMILES string of the molecule is CCOC(=O)NCCOc1ccc(C(=O)c2ccccc2)cc1. The van der Waals surface area contributed by atoms with Gasteiger partial charge in [-0.2, -0.15) is 0 Å². The first-order chi connectivity index (χ1) is 11.2. The Morgan fingerprint density at radius 1 is 0.957 bits per heavy atom. The van der Waals surface area contributed by atoms with Crippen molar-refractivity contribution in [3.8, 4) is 5.75 Å². The maximum absolute atomic E-state index is 12.3. The molecule has 120 valence electrons. The number of alkyl carbamates (subject to hydrolysis) is 1. The van der Waals surface area contributed by atoms with Gasteiger partial charge in [-0.3, -0.25) is 4.79 Å².